The second-order valence-corrected chi connectivity index (χ2v) is 7.34. The average molecular weight is 377 g/mol. The quantitative estimate of drug-likeness (QED) is 0.548. The van der Waals surface area contributed by atoms with Crippen LogP contribution in [-0.4, -0.2) is 28.1 Å². The van der Waals surface area contributed by atoms with Crippen molar-refractivity contribution in [2.75, 3.05) is 12.3 Å². The number of thioether (sulfide) groups is 1. The molecule has 0 atom stereocenters. The molecule has 0 N–H and O–H groups in total. The summed E-state index contributed by atoms with van der Waals surface area (Å²) in [6.45, 7) is 1.25. The maximum atomic E-state index is 12.8. The topological polar surface area (TPSA) is 33.2 Å². The zero-order valence-corrected chi connectivity index (χ0v) is 16.1. The summed E-state index contributed by atoms with van der Waals surface area (Å²) in [6.07, 6.45) is 2.63. The van der Waals surface area contributed by atoms with E-state index in [-0.39, 0.29) is 5.91 Å². The van der Waals surface area contributed by atoms with Crippen LogP contribution in [0.25, 0.3) is 0 Å². The van der Waals surface area contributed by atoms with E-state index in [0.29, 0.717) is 18.8 Å². The molecule has 3 nitrogen and oxygen atoms in total. The molecule has 0 aliphatic rings. The molecule has 2 aromatic carbocycles. The Morgan fingerprint density at radius 1 is 0.852 bits per heavy atom. The fraction of sp³-hybridized carbons (Fsp3) is 0.217. The molecule has 0 bridgehead atoms. The molecule has 1 heterocycles. The summed E-state index contributed by atoms with van der Waals surface area (Å²) in [5.41, 5.74) is 3.41. The van der Waals surface area contributed by atoms with Gasteiger partial charge in [-0.15, -0.1) is 11.8 Å². The van der Waals surface area contributed by atoms with E-state index in [1.807, 2.05) is 59.5 Å². The van der Waals surface area contributed by atoms with Crippen molar-refractivity contribution >= 4 is 17.7 Å². The summed E-state index contributed by atoms with van der Waals surface area (Å²) >= 11 is 1.66. The molecule has 0 radical (unpaired) electrons. The molecule has 3 rings (SSSR count). The van der Waals surface area contributed by atoms with E-state index in [1.54, 1.807) is 18.0 Å². The first-order chi connectivity index (χ1) is 13.3. The third kappa shape index (κ3) is 6.57. The summed E-state index contributed by atoms with van der Waals surface area (Å²) in [5, 5.41) is 0. The van der Waals surface area contributed by atoms with E-state index in [0.717, 1.165) is 17.9 Å². The number of hydrogen-bond acceptors (Lipinski definition) is 3. The number of aromatic nitrogens is 1. The first-order valence-corrected chi connectivity index (χ1v) is 10.3. The Kier molecular flexibility index (Phi) is 7.48. The SMILES string of the molecule is O=C(CSCc1ccccc1)N(CCc1ccccc1)Cc1ccccn1. The van der Waals surface area contributed by atoms with E-state index < -0.39 is 0 Å². The number of rotatable bonds is 9. The van der Waals surface area contributed by atoms with Crippen molar-refractivity contribution < 1.29 is 4.79 Å². The van der Waals surface area contributed by atoms with Crippen LogP contribution < -0.4 is 0 Å². The molecule has 4 heteroatoms. The van der Waals surface area contributed by atoms with Gasteiger partial charge in [-0.1, -0.05) is 66.7 Å². The van der Waals surface area contributed by atoms with Crippen molar-refractivity contribution in [2.24, 2.45) is 0 Å². The van der Waals surface area contributed by atoms with Crippen molar-refractivity contribution in [1.82, 2.24) is 9.88 Å². The lowest BCUT2D eigenvalue weighted by atomic mass is 10.1. The lowest BCUT2D eigenvalue weighted by Gasteiger charge is -2.22. The fourth-order valence-corrected chi connectivity index (χ4v) is 3.70. The van der Waals surface area contributed by atoms with Gasteiger partial charge in [0.1, 0.15) is 0 Å². The lowest BCUT2D eigenvalue weighted by molar-refractivity contribution is -0.129. The van der Waals surface area contributed by atoms with Crippen molar-refractivity contribution in [3.8, 4) is 0 Å². The van der Waals surface area contributed by atoms with Gasteiger partial charge in [0, 0.05) is 18.5 Å². The molecule has 0 saturated carbocycles. The highest BCUT2D eigenvalue weighted by atomic mass is 32.2. The molecule has 27 heavy (non-hydrogen) atoms. The molecule has 1 aromatic heterocycles. The van der Waals surface area contributed by atoms with Gasteiger partial charge in [-0.05, 0) is 29.7 Å². The minimum atomic E-state index is 0.164. The van der Waals surface area contributed by atoms with Crippen LogP contribution in [0.1, 0.15) is 16.8 Å². The molecule has 138 valence electrons. The summed E-state index contributed by atoms with van der Waals surface area (Å²) < 4.78 is 0. The van der Waals surface area contributed by atoms with Gasteiger partial charge >= 0.3 is 0 Å². The minimum absolute atomic E-state index is 0.164. The second kappa shape index (κ2) is 10.5. The Labute approximate surface area is 165 Å². The molecule has 0 saturated heterocycles. The van der Waals surface area contributed by atoms with Crippen LogP contribution in [0.2, 0.25) is 0 Å². The number of hydrogen-bond donors (Lipinski definition) is 0. The Morgan fingerprint density at radius 3 is 2.19 bits per heavy atom. The van der Waals surface area contributed by atoms with Gasteiger partial charge in [-0.2, -0.15) is 0 Å². The number of nitrogens with zero attached hydrogens (tertiary/aromatic N) is 2. The normalized spacial score (nSPS) is 10.5. The Hall–Kier alpha value is -2.59. The lowest BCUT2D eigenvalue weighted by Crippen LogP contribution is -2.34. The summed E-state index contributed by atoms with van der Waals surface area (Å²) in [7, 11) is 0. The van der Waals surface area contributed by atoms with Crippen LogP contribution in [0.3, 0.4) is 0 Å². The van der Waals surface area contributed by atoms with Gasteiger partial charge in [0.25, 0.3) is 0 Å². The summed E-state index contributed by atoms with van der Waals surface area (Å²) in [4.78, 5) is 19.1. The van der Waals surface area contributed by atoms with Gasteiger partial charge in [0.05, 0.1) is 18.0 Å². The molecule has 0 aliphatic carbocycles. The third-order valence-electron chi connectivity index (χ3n) is 4.28. The van der Waals surface area contributed by atoms with E-state index in [2.05, 4.69) is 29.2 Å². The molecule has 0 unspecified atom stereocenters. The van der Waals surface area contributed by atoms with Gasteiger partial charge in [-0.3, -0.25) is 9.78 Å². The minimum Gasteiger partial charge on any atom is -0.336 e. The zero-order valence-electron chi connectivity index (χ0n) is 15.3. The second-order valence-electron chi connectivity index (χ2n) is 6.35. The molecule has 0 aliphatic heterocycles. The van der Waals surface area contributed by atoms with Gasteiger partial charge < -0.3 is 4.90 Å². The van der Waals surface area contributed by atoms with Crippen LogP contribution in [0.4, 0.5) is 0 Å². The Balaban J connectivity index is 1.58. The molecule has 0 fully saturated rings. The van der Waals surface area contributed by atoms with Gasteiger partial charge in [0.2, 0.25) is 5.91 Å². The van der Waals surface area contributed by atoms with E-state index in [1.165, 1.54) is 11.1 Å². The van der Waals surface area contributed by atoms with Gasteiger partial charge in [-0.25, -0.2) is 0 Å². The summed E-state index contributed by atoms with van der Waals surface area (Å²) in [6, 6.07) is 26.4. The van der Waals surface area contributed by atoms with Crippen molar-refractivity contribution in [3.63, 3.8) is 0 Å². The van der Waals surface area contributed by atoms with Crippen LogP contribution in [0, 0.1) is 0 Å². The predicted molar refractivity (Wildman–Crippen MR) is 112 cm³/mol. The van der Waals surface area contributed by atoms with E-state index in [4.69, 9.17) is 0 Å². The maximum Gasteiger partial charge on any atom is 0.232 e. The van der Waals surface area contributed by atoms with E-state index in [9.17, 15) is 4.79 Å². The smallest absolute Gasteiger partial charge is 0.232 e. The molecule has 1 amide bonds. The Morgan fingerprint density at radius 2 is 1.52 bits per heavy atom. The van der Waals surface area contributed by atoms with E-state index >= 15 is 0 Å². The van der Waals surface area contributed by atoms with Crippen LogP contribution in [0.5, 0.6) is 0 Å². The van der Waals surface area contributed by atoms with Gasteiger partial charge in [0.15, 0.2) is 0 Å². The first kappa shape index (κ1) is 19.2. The molecular formula is C23H24N2OS. The number of benzene rings is 2. The first-order valence-electron chi connectivity index (χ1n) is 9.14. The number of carbonyl (C=O) groups excluding carboxylic acids is 1. The standard InChI is InChI=1S/C23H24N2OS/c26-23(19-27-18-21-11-5-2-6-12-21)25(17-22-13-7-8-15-24-22)16-14-20-9-3-1-4-10-20/h1-13,15H,14,16-19H2. The molecular weight excluding hydrogens is 352 g/mol. The largest absolute Gasteiger partial charge is 0.336 e. The number of carbonyl (C=O) groups is 1. The Bertz CT molecular complexity index is 810. The van der Waals surface area contributed by atoms with Crippen LogP contribution >= 0.6 is 11.8 Å². The highest BCUT2D eigenvalue weighted by Gasteiger charge is 2.15. The van der Waals surface area contributed by atoms with Crippen molar-refractivity contribution in [3.05, 3.63) is 102 Å². The fourth-order valence-electron chi connectivity index (χ4n) is 2.81. The zero-order chi connectivity index (χ0) is 18.7. The highest BCUT2D eigenvalue weighted by molar-refractivity contribution is 7.99. The van der Waals surface area contributed by atoms with Crippen molar-refractivity contribution in [2.45, 2.75) is 18.7 Å². The van der Waals surface area contributed by atoms with Crippen molar-refractivity contribution in [1.29, 1.82) is 0 Å². The molecule has 0 spiro atoms. The van der Waals surface area contributed by atoms with Crippen LogP contribution in [-0.2, 0) is 23.5 Å². The monoisotopic (exact) mass is 376 g/mol. The number of pyridine rings is 1. The summed E-state index contributed by atoms with van der Waals surface area (Å²) in [5.74, 6) is 1.50. The number of amides is 1. The van der Waals surface area contributed by atoms with Crippen LogP contribution in [0.15, 0.2) is 85.1 Å². The predicted octanol–water partition coefficient (Wildman–Crippen LogP) is 4.59. The highest BCUT2D eigenvalue weighted by Crippen LogP contribution is 2.14. The maximum absolute atomic E-state index is 12.8. The molecule has 3 aromatic rings. The third-order valence-corrected chi connectivity index (χ3v) is 5.27. The average Bonchev–Trinajstić information content (AvgIpc) is 2.73.